The fourth-order valence-corrected chi connectivity index (χ4v) is 3.41. The van der Waals surface area contributed by atoms with Crippen molar-refractivity contribution in [3.8, 4) is 0 Å². The molecule has 4 aromatic rings. The Kier molecular flexibility index (Phi) is 6.91. The molecule has 0 unspecified atom stereocenters. The second-order valence-corrected chi connectivity index (χ2v) is 7.53. The first-order chi connectivity index (χ1) is 15.7. The van der Waals surface area contributed by atoms with E-state index in [1.54, 1.807) is 21.8 Å². The Bertz CT molecular complexity index is 1150. The summed E-state index contributed by atoms with van der Waals surface area (Å²) in [6, 6.07) is 15.9. The Hall–Kier alpha value is -3.94. The van der Waals surface area contributed by atoms with Gasteiger partial charge in [-0.05, 0) is 22.3 Å². The van der Waals surface area contributed by atoms with E-state index in [4.69, 9.17) is 0 Å². The number of fused-ring (bicyclic) bond motifs is 2. The summed E-state index contributed by atoms with van der Waals surface area (Å²) in [7, 11) is 0. The number of carbonyl (C=O) groups excluding carboxylic acids is 2. The molecular weight excluding hydrogens is 404 g/mol. The average Bonchev–Trinajstić information content (AvgIpc) is 2.84. The fraction of sp³-hybridized carbons (Fsp3) is 0.250. The lowest BCUT2D eigenvalue weighted by atomic mass is 10.2. The molecule has 0 saturated heterocycles. The fourth-order valence-electron chi connectivity index (χ4n) is 3.41. The number of aromatic nitrogens is 4. The third-order valence-corrected chi connectivity index (χ3v) is 5.16. The van der Waals surface area contributed by atoms with E-state index in [9.17, 15) is 9.59 Å². The molecule has 0 aliphatic rings. The lowest BCUT2D eigenvalue weighted by Crippen LogP contribution is -2.42. The van der Waals surface area contributed by atoms with Crippen molar-refractivity contribution in [3.05, 3.63) is 73.3 Å². The molecule has 4 rings (SSSR count). The second kappa shape index (κ2) is 10.4. The zero-order valence-corrected chi connectivity index (χ0v) is 17.8. The van der Waals surface area contributed by atoms with Crippen LogP contribution in [0.15, 0.2) is 73.3 Å². The van der Waals surface area contributed by atoms with Crippen molar-refractivity contribution in [3.63, 3.8) is 0 Å². The highest BCUT2D eigenvalue weighted by Gasteiger charge is 2.11. The quantitative estimate of drug-likeness (QED) is 0.307. The van der Waals surface area contributed by atoms with Crippen LogP contribution in [0, 0.1) is 0 Å². The summed E-state index contributed by atoms with van der Waals surface area (Å²) in [5.74, 6) is -0.143. The van der Waals surface area contributed by atoms with Gasteiger partial charge in [-0.1, -0.05) is 45.8 Å². The van der Waals surface area contributed by atoms with Gasteiger partial charge < -0.3 is 10.6 Å². The van der Waals surface area contributed by atoms with Crippen LogP contribution in [0.2, 0.25) is 0 Å². The average molecular weight is 431 g/mol. The van der Waals surface area contributed by atoms with Crippen molar-refractivity contribution < 1.29 is 19.0 Å². The van der Waals surface area contributed by atoms with Gasteiger partial charge in [-0.3, -0.25) is 9.59 Å². The highest BCUT2D eigenvalue weighted by atomic mass is 16.2. The molecule has 0 atom stereocenters. The number of nitrogens with one attached hydrogen (secondary N) is 2. The normalized spacial score (nSPS) is 10.9. The minimum atomic E-state index is -0.0716. The molecule has 2 heterocycles. The molecule has 0 spiro atoms. The van der Waals surface area contributed by atoms with Crippen LogP contribution in [0.3, 0.4) is 0 Å². The number of nitrogens with zero attached hydrogens (tertiary/aromatic N) is 4. The lowest BCUT2D eigenvalue weighted by molar-refractivity contribution is -0.751. The minimum absolute atomic E-state index is 0.0716. The second-order valence-electron chi connectivity index (χ2n) is 7.53. The molecule has 8 nitrogen and oxygen atoms in total. The van der Waals surface area contributed by atoms with Gasteiger partial charge in [0.1, 0.15) is 12.4 Å². The van der Waals surface area contributed by atoms with E-state index in [0.29, 0.717) is 39.0 Å². The summed E-state index contributed by atoms with van der Waals surface area (Å²) in [6.45, 7) is 1.78. The summed E-state index contributed by atoms with van der Waals surface area (Å²) in [4.78, 5) is 24.1. The highest BCUT2D eigenvalue weighted by molar-refractivity contribution is 5.80. The van der Waals surface area contributed by atoms with Gasteiger partial charge in [0.05, 0.1) is 12.8 Å². The van der Waals surface area contributed by atoms with Crippen molar-refractivity contribution in [1.82, 2.24) is 20.8 Å². The maximum atomic E-state index is 12.1. The Morgan fingerprint density at radius 3 is 1.50 bits per heavy atom. The van der Waals surface area contributed by atoms with Gasteiger partial charge in [-0.25, -0.2) is 0 Å². The maximum absolute atomic E-state index is 12.1. The molecule has 2 amide bonds. The zero-order valence-electron chi connectivity index (χ0n) is 17.8. The largest absolute Gasteiger partial charge is 0.354 e. The first kappa shape index (κ1) is 21.3. The van der Waals surface area contributed by atoms with E-state index in [1.807, 2.05) is 60.9 Å². The van der Waals surface area contributed by atoms with Gasteiger partial charge >= 0.3 is 0 Å². The third-order valence-electron chi connectivity index (χ3n) is 5.16. The van der Waals surface area contributed by atoms with Gasteiger partial charge in [-0.15, -0.1) is 0 Å². The summed E-state index contributed by atoms with van der Waals surface area (Å²) in [6.07, 6.45) is 8.13. The van der Waals surface area contributed by atoms with E-state index in [-0.39, 0.29) is 11.8 Å². The van der Waals surface area contributed by atoms with Gasteiger partial charge in [0.15, 0.2) is 13.1 Å². The number of carbonyl (C=O) groups is 2. The molecule has 2 N–H and O–H groups in total. The van der Waals surface area contributed by atoms with Crippen molar-refractivity contribution in [2.45, 2.75) is 25.9 Å². The molecule has 0 aliphatic heterocycles. The van der Waals surface area contributed by atoms with E-state index in [2.05, 4.69) is 20.8 Å². The highest BCUT2D eigenvalue weighted by Crippen LogP contribution is 2.09. The monoisotopic (exact) mass is 430 g/mol. The molecule has 0 aliphatic carbocycles. The summed E-state index contributed by atoms with van der Waals surface area (Å²) in [5.41, 5.74) is 0. The van der Waals surface area contributed by atoms with Crippen LogP contribution in [0.25, 0.3) is 21.5 Å². The molecule has 0 saturated carbocycles. The van der Waals surface area contributed by atoms with Gasteiger partial charge in [0, 0.05) is 34.6 Å². The minimum Gasteiger partial charge on any atom is -0.354 e. The number of aryl methyl sites for hydroxylation is 2. The first-order valence-electron chi connectivity index (χ1n) is 10.7. The Labute approximate surface area is 185 Å². The summed E-state index contributed by atoms with van der Waals surface area (Å²) < 4.78 is 3.53. The number of rotatable bonds is 9. The van der Waals surface area contributed by atoms with Crippen molar-refractivity contribution >= 4 is 33.4 Å². The van der Waals surface area contributed by atoms with Crippen molar-refractivity contribution in [1.29, 1.82) is 0 Å². The van der Waals surface area contributed by atoms with Gasteiger partial charge in [0.25, 0.3) is 0 Å². The predicted octanol–water partition coefficient (Wildman–Crippen LogP) is 1.07. The Morgan fingerprint density at radius 2 is 1.06 bits per heavy atom. The van der Waals surface area contributed by atoms with Crippen molar-refractivity contribution in [2.24, 2.45) is 0 Å². The van der Waals surface area contributed by atoms with Crippen LogP contribution in [-0.4, -0.2) is 35.1 Å². The van der Waals surface area contributed by atoms with Gasteiger partial charge in [0.2, 0.25) is 24.2 Å². The molecule has 162 valence electrons. The molecule has 0 bridgehead atoms. The Morgan fingerprint density at radius 1 is 0.656 bits per heavy atom. The van der Waals surface area contributed by atoms with E-state index in [0.717, 1.165) is 21.5 Å². The number of amides is 2. The number of hydrogen-bond donors (Lipinski definition) is 2. The summed E-state index contributed by atoms with van der Waals surface area (Å²) >= 11 is 0. The maximum Gasteiger partial charge on any atom is 0.226 e. The van der Waals surface area contributed by atoms with Crippen LogP contribution in [0.4, 0.5) is 0 Å². The number of benzene rings is 2. The smallest absolute Gasteiger partial charge is 0.226 e. The molecule has 32 heavy (non-hydrogen) atoms. The zero-order chi connectivity index (χ0) is 22.2. The molecule has 0 fully saturated rings. The molecule has 8 heteroatoms. The van der Waals surface area contributed by atoms with Crippen LogP contribution in [-0.2, 0) is 22.7 Å². The molecular formula is C24H26N6O2+2. The van der Waals surface area contributed by atoms with Crippen molar-refractivity contribution in [2.75, 3.05) is 13.1 Å². The van der Waals surface area contributed by atoms with E-state index < -0.39 is 0 Å². The van der Waals surface area contributed by atoms with Crippen LogP contribution in [0.5, 0.6) is 0 Å². The summed E-state index contributed by atoms with van der Waals surface area (Å²) in [5, 5.41) is 18.6. The lowest BCUT2D eigenvalue weighted by Gasteiger charge is -2.05. The standard InChI is InChI=1S/C24H24N6O2/c31-23(9-13-29-17-21-7-3-1-5-19(21)15-27-29)25-11-12-26-24(32)10-14-30-18-22-8-4-2-6-20(22)16-28-30/h1-8,15-18H,9-14H2/p+2. The molecule has 2 aromatic carbocycles. The van der Waals surface area contributed by atoms with Crippen LogP contribution < -0.4 is 20.0 Å². The topological polar surface area (TPSA) is 91.7 Å². The van der Waals surface area contributed by atoms with Crippen LogP contribution >= 0.6 is 0 Å². The molecule has 0 radical (unpaired) electrons. The van der Waals surface area contributed by atoms with Crippen LogP contribution in [0.1, 0.15) is 12.8 Å². The molecule has 2 aromatic heterocycles. The first-order valence-corrected chi connectivity index (χ1v) is 10.7. The van der Waals surface area contributed by atoms with E-state index >= 15 is 0 Å². The van der Waals surface area contributed by atoms with E-state index in [1.165, 1.54) is 0 Å². The SMILES string of the molecule is O=C(CC[n+]1cc2ccccc2cn1)NCCNC(=O)CC[n+]1cc2ccccc2cn1. The Balaban J connectivity index is 1.12. The number of hydrogen-bond acceptors (Lipinski definition) is 4. The predicted molar refractivity (Wildman–Crippen MR) is 119 cm³/mol. The van der Waals surface area contributed by atoms with Gasteiger partial charge in [-0.2, -0.15) is 0 Å². The third kappa shape index (κ3) is 5.81.